The predicted molar refractivity (Wildman–Crippen MR) is 84.9 cm³/mol. The van der Waals surface area contributed by atoms with Crippen LogP contribution in [0, 0.1) is 0 Å². The van der Waals surface area contributed by atoms with E-state index in [0.29, 0.717) is 0 Å². The van der Waals surface area contributed by atoms with Gasteiger partial charge in [-0.1, -0.05) is 18.2 Å². The Balaban J connectivity index is 1.67. The van der Waals surface area contributed by atoms with Gasteiger partial charge in [-0.15, -0.1) is 0 Å². The van der Waals surface area contributed by atoms with Crippen LogP contribution in [-0.2, 0) is 13.1 Å². The number of methoxy groups -OCH3 is 1. The van der Waals surface area contributed by atoms with Gasteiger partial charge in [0, 0.05) is 37.2 Å². The number of hydrogen-bond donors (Lipinski definition) is 1. The van der Waals surface area contributed by atoms with Gasteiger partial charge in [-0.2, -0.15) is 5.10 Å². The molecule has 1 N–H and O–H groups in total. The van der Waals surface area contributed by atoms with Crippen LogP contribution in [0.2, 0.25) is 0 Å². The Morgan fingerprint density at radius 2 is 2.05 bits per heavy atom. The van der Waals surface area contributed by atoms with Crippen molar-refractivity contribution in [3.63, 3.8) is 0 Å². The molecular formula is C17H18N4O. The van der Waals surface area contributed by atoms with Crippen molar-refractivity contribution in [3.8, 4) is 11.6 Å². The maximum absolute atomic E-state index is 5.24. The minimum Gasteiger partial charge on any atom is -0.497 e. The highest BCUT2D eigenvalue weighted by Gasteiger charge is 2.05. The molecule has 3 aromatic rings. The van der Waals surface area contributed by atoms with E-state index in [1.165, 1.54) is 5.56 Å². The van der Waals surface area contributed by atoms with Gasteiger partial charge in [0.15, 0.2) is 5.82 Å². The molecule has 0 radical (unpaired) electrons. The van der Waals surface area contributed by atoms with Gasteiger partial charge in [0.25, 0.3) is 0 Å². The summed E-state index contributed by atoms with van der Waals surface area (Å²) >= 11 is 0. The normalized spacial score (nSPS) is 10.6. The van der Waals surface area contributed by atoms with Gasteiger partial charge in [0.1, 0.15) is 5.75 Å². The van der Waals surface area contributed by atoms with E-state index in [2.05, 4.69) is 27.5 Å². The van der Waals surface area contributed by atoms with Gasteiger partial charge in [-0.05, 0) is 29.8 Å². The van der Waals surface area contributed by atoms with E-state index in [1.807, 2.05) is 36.5 Å². The highest BCUT2D eigenvalue weighted by atomic mass is 16.5. The standard InChI is InChI=1S/C17H18N4O/c1-22-16-7-2-5-14(11-16)12-18-13-15-6-3-8-19-17(15)21-10-4-9-20-21/h2-11,18H,12-13H2,1H3. The van der Waals surface area contributed by atoms with Crippen molar-refractivity contribution in [1.82, 2.24) is 20.1 Å². The fourth-order valence-corrected chi connectivity index (χ4v) is 2.29. The molecule has 22 heavy (non-hydrogen) atoms. The molecule has 112 valence electrons. The molecule has 0 bridgehead atoms. The molecule has 3 rings (SSSR count). The first-order valence-corrected chi connectivity index (χ1v) is 7.14. The van der Waals surface area contributed by atoms with E-state index < -0.39 is 0 Å². The number of ether oxygens (including phenoxy) is 1. The van der Waals surface area contributed by atoms with Crippen molar-refractivity contribution in [2.45, 2.75) is 13.1 Å². The maximum atomic E-state index is 5.24. The van der Waals surface area contributed by atoms with Crippen LogP contribution in [0.3, 0.4) is 0 Å². The molecule has 5 heteroatoms. The molecule has 0 unspecified atom stereocenters. The molecule has 2 heterocycles. The van der Waals surface area contributed by atoms with Crippen molar-refractivity contribution in [2.75, 3.05) is 7.11 Å². The maximum Gasteiger partial charge on any atom is 0.157 e. The molecule has 0 fully saturated rings. The number of benzene rings is 1. The summed E-state index contributed by atoms with van der Waals surface area (Å²) in [5.74, 6) is 1.73. The van der Waals surface area contributed by atoms with Crippen LogP contribution in [-0.4, -0.2) is 21.9 Å². The third-order valence-corrected chi connectivity index (χ3v) is 3.37. The molecule has 5 nitrogen and oxygen atoms in total. The van der Waals surface area contributed by atoms with Crippen LogP contribution in [0.15, 0.2) is 61.1 Å². The van der Waals surface area contributed by atoms with Crippen LogP contribution >= 0.6 is 0 Å². The lowest BCUT2D eigenvalue weighted by molar-refractivity contribution is 0.414. The zero-order chi connectivity index (χ0) is 15.2. The number of nitrogens with zero attached hydrogens (tertiary/aromatic N) is 3. The summed E-state index contributed by atoms with van der Waals surface area (Å²) in [6.07, 6.45) is 5.43. The highest BCUT2D eigenvalue weighted by molar-refractivity contribution is 5.33. The quantitative estimate of drug-likeness (QED) is 0.759. The highest BCUT2D eigenvalue weighted by Crippen LogP contribution is 2.13. The van der Waals surface area contributed by atoms with Gasteiger partial charge in [-0.25, -0.2) is 9.67 Å². The van der Waals surface area contributed by atoms with Gasteiger partial charge >= 0.3 is 0 Å². The number of nitrogens with one attached hydrogen (secondary N) is 1. The van der Waals surface area contributed by atoms with Crippen LogP contribution < -0.4 is 10.1 Å². The van der Waals surface area contributed by atoms with Gasteiger partial charge in [-0.3, -0.25) is 0 Å². The third kappa shape index (κ3) is 3.32. The Hall–Kier alpha value is -2.66. The lowest BCUT2D eigenvalue weighted by Gasteiger charge is -2.10. The predicted octanol–water partition coefficient (Wildman–Crippen LogP) is 2.57. The Kier molecular flexibility index (Phi) is 4.46. The second kappa shape index (κ2) is 6.87. The van der Waals surface area contributed by atoms with E-state index in [0.717, 1.165) is 30.2 Å². The minimum atomic E-state index is 0.722. The summed E-state index contributed by atoms with van der Waals surface area (Å²) in [5.41, 5.74) is 2.29. The first-order valence-electron chi connectivity index (χ1n) is 7.14. The summed E-state index contributed by atoms with van der Waals surface area (Å²) in [6.45, 7) is 1.49. The number of rotatable bonds is 6. The van der Waals surface area contributed by atoms with Crippen LogP contribution in [0.25, 0.3) is 5.82 Å². The lowest BCUT2D eigenvalue weighted by atomic mass is 10.2. The molecule has 2 aromatic heterocycles. The van der Waals surface area contributed by atoms with Crippen molar-refractivity contribution >= 4 is 0 Å². The van der Waals surface area contributed by atoms with E-state index in [9.17, 15) is 0 Å². The zero-order valence-electron chi connectivity index (χ0n) is 12.4. The first-order chi connectivity index (χ1) is 10.9. The fraction of sp³-hybridized carbons (Fsp3) is 0.176. The second-order valence-corrected chi connectivity index (χ2v) is 4.89. The van der Waals surface area contributed by atoms with Gasteiger partial charge in [0.05, 0.1) is 7.11 Å². The lowest BCUT2D eigenvalue weighted by Crippen LogP contribution is -2.15. The molecule has 1 aromatic carbocycles. The summed E-state index contributed by atoms with van der Waals surface area (Å²) in [6, 6.07) is 13.9. The van der Waals surface area contributed by atoms with Gasteiger partial charge < -0.3 is 10.1 Å². The summed E-state index contributed by atoms with van der Waals surface area (Å²) < 4.78 is 7.02. The van der Waals surface area contributed by atoms with Crippen LogP contribution in [0.1, 0.15) is 11.1 Å². The Morgan fingerprint density at radius 3 is 2.86 bits per heavy atom. The van der Waals surface area contributed by atoms with E-state index in [4.69, 9.17) is 4.74 Å². The third-order valence-electron chi connectivity index (χ3n) is 3.37. The Labute approximate surface area is 129 Å². The molecule has 0 amide bonds. The van der Waals surface area contributed by atoms with Crippen LogP contribution in [0.4, 0.5) is 0 Å². The average Bonchev–Trinajstić information content (AvgIpc) is 3.10. The van der Waals surface area contributed by atoms with Crippen molar-refractivity contribution < 1.29 is 4.74 Å². The summed E-state index contributed by atoms with van der Waals surface area (Å²) in [4.78, 5) is 4.41. The van der Waals surface area contributed by atoms with Crippen molar-refractivity contribution in [3.05, 3.63) is 72.2 Å². The summed E-state index contributed by atoms with van der Waals surface area (Å²) in [7, 11) is 1.68. The largest absolute Gasteiger partial charge is 0.497 e. The zero-order valence-corrected chi connectivity index (χ0v) is 12.4. The molecule has 0 aliphatic carbocycles. The smallest absolute Gasteiger partial charge is 0.157 e. The fourth-order valence-electron chi connectivity index (χ4n) is 2.29. The topological polar surface area (TPSA) is 52.0 Å². The van der Waals surface area contributed by atoms with E-state index in [-0.39, 0.29) is 0 Å². The Morgan fingerprint density at radius 1 is 1.09 bits per heavy atom. The first kappa shape index (κ1) is 14.3. The summed E-state index contributed by atoms with van der Waals surface area (Å²) in [5, 5.41) is 7.68. The molecule has 0 aliphatic rings. The monoisotopic (exact) mass is 294 g/mol. The molecule has 0 saturated heterocycles. The average molecular weight is 294 g/mol. The van der Waals surface area contributed by atoms with E-state index >= 15 is 0 Å². The Bertz CT molecular complexity index is 725. The number of hydrogen-bond acceptors (Lipinski definition) is 4. The molecule has 0 atom stereocenters. The molecule has 0 spiro atoms. The van der Waals surface area contributed by atoms with Crippen molar-refractivity contribution in [2.24, 2.45) is 0 Å². The van der Waals surface area contributed by atoms with Gasteiger partial charge in [0.2, 0.25) is 0 Å². The number of aromatic nitrogens is 3. The van der Waals surface area contributed by atoms with Crippen molar-refractivity contribution in [1.29, 1.82) is 0 Å². The SMILES string of the molecule is COc1cccc(CNCc2cccnc2-n2cccn2)c1. The second-order valence-electron chi connectivity index (χ2n) is 4.89. The van der Waals surface area contributed by atoms with E-state index in [1.54, 1.807) is 24.2 Å². The number of pyridine rings is 1. The van der Waals surface area contributed by atoms with Crippen LogP contribution in [0.5, 0.6) is 5.75 Å². The minimum absolute atomic E-state index is 0.722. The molecular weight excluding hydrogens is 276 g/mol. The molecule has 0 aliphatic heterocycles. The molecule has 0 saturated carbocycles.